The summed E-state index contributed by atoms with van der Waals surface area (Å²) in [7, 11) is 0.986. The first-order valence-corrected chi connectivity index (χ1v) is 4.92. The van der Waals surface area contributed by atoms with E-state index in [0.717, 1.165) is 18.9 Å². The zero-order valence-corrected chi connectivity index (χ0v) is 8.62. The molecule has 15 heavy (non-hydrogen) atoms. The summed E-state index contributed by atoms with van der Waals surface area (Å²) in [5.41, 5.74) is -2.25. The smallest absolute Gasteiger partial charge is 0.437 e. The summed E-state index contributed by atoms with van der Waals surface area (Å²) in [5, 5.41) is -0.104. The van der Waals surface area contributed by atoms with Gasteiger partial charge in [0.05, 0.1) is 7.11 Å². The van der Waals surface area contributed by atoms with Crippen molar-refractivity contribution in [1.29, 1.82) is 0 Å². The first-order valence-electron chi connectivity index (χ1n) is 3.69. The fraction of sp³-hybridized carbons (Fsp3) is 0.429. The largest absolute Gasteiger partial charge is 0.490 e. The van der Waals surface area contributed by atoms with Crippen LogP contribution >= 0.6 is 11.8 Å². The lowest BCUT2D eigenvalue weighted by atomic mass is 10.3. The van der Waals surface area contributed by atoms with Crippen molar-refractivity contribution in [3.8, 4) is 5.75 Å². The van der Waals surface area contributed by atoms with E-state index in [4.69, 9.17) is 0 Å². The van der Waals surface area contributed by atoms with Crippen LogP contribution in [-0.4, -0.2) is 23.3 Å². The third-order valence-corrected chi connectivity index (χ3v) is 2.10. The molecule has 0 aliphatic carbocycles. The van der Waals surface area contributed by atoms with Crippen molar-refractivity contribution in [3.63, 3.8) is 0 Å². The van der Waals surface area contributed by atoms with Gasteiger partial charge >= 0.3 is 6.18 Å². The van der Waals surface area contributed by atoms with Crippen LogP contribution in [0.15, 0.2) is 9.95 Å². The van der Waals surface area contributed by atoms with Crippen LogP contribution in [0.5, 0.6) is 5.75 Å². The molecule has 1 N–H and O–H groups in total. The minimum Gasteiger partial charge on any atom is -0.490 e. The Bertz CT molecular complexity index is 416. The van der Waals surface area contributed by atoms with E-state index >= 15 is 0 Å². The summed E-state index contributed by atoms with van der Waals surface area (Å²) in [6, 6.07) is 0. The molecule has 0 radical (unpaired) electrons. The highest BCUT2D eigenvalue weighted by Crippen LogP contribution is 2.32. The number of nitrogens with zero attached hydrogens (tertiary/aromatic N) is 1. The maximum Gasteiger partial charge on any atom is 0.437 e. The van der Waals surface area contributed by atoms with Gasteiger partial charge in [-0.15, -0.1) is 0 Å². The first kappa shape index (κ1) is 11.9. The molecule has 1 aromatic rings. The lowest BCUT2D eigenvalue weighted by Crippen LogP contribution is -2.20. The van der Waals surface area contributed by atoms with E-state index in [1.165, 1.54) is 6.26 Å². The molecule has 0 aliphatic rings. The summed E-state index contributed by atoms with van der Waals surface area (Å²) in [6.07, 6.45) is -3.20. The maximum absolute atomic E-state index is 12.4. The molecule has 0 amide bonds. The molecule has 0 saturated carbocycles. The van der Waals surface area contributed by atoms with E-state index in [9.17, 15) is 18.0 Å². The minimum absolute atomic E-state index is 0.104. The highest BCUT2D eigenvalue weighted by atomic mass is 32.2. The van der Waals surface area contributed by atoms with Gasteiger partial charge in [0.1, 0.15) is 0 Å². The molecule has 0 aliphatic heterocycles. The summed E-state index contributed by atoms with van der Waals surface area (Å²) in [5.74, 6) is -0.819. The Balaban J connectivity index is 3.46. The Morgan fingerprint density at radius 3 is 2.47 bits per heavy atom. The summed E-state index contributed by atoms with van der Waals surface area (Å²) >= 11 is 0.910. The molecule has 0 fully saturated rings. The second-order valence-electron chi connectivity index (χ2n) is 2.45. The van der Waals surface area contributed by atoms with E-state index < -0.39 is 23.2 Å². The van der Waals surface area contributed by atoms with E-state index in [2.05, 4.69) is 14.7 Å². The molecular weight excluding hydrogens is 233 g/mol. The molecule has 1 heterocycles. The number of H-pyrrole nitrogens is 1. The topological polar surface area (TPSA) is 55.0 Å². The first-order chi connectivity index (χ1) is 6.90. The van der Waals surface area contributed by atoms with Crippen LogP contribution in [0.4, 0.5) is 13.2 Å². The molecule has 84 valence electrons. The van der Waals surface area contributed by atoms with Crippen LogP contribution in [-0.2, 0) is 6.18 Å². The molecule has 1 rings (SSSR count). The number of aromatic nitrogens is 2. The van der Waals surface area contributed by atoms with Gasteiger partial charge in [-0.2, -0.15) is 13.2 Å². The van der Waals surface area contributed by atoms with Crippen molar-refractivity contribution < 1.29 is 17.9 Å². The maximum atomic E-state index is 12.4. The van der Waals surface area contributed by atoms with Gasteiger partial charge in [0, 0.05) is 0 Å². The zero-order valence-electron chi connectivity index (χ0n) is 7.81. The van der Waals surface area contributed by atoms with Gasteiger partial charge in [0.2, 0.25) is 5.75 Å². The molecule has 0 unspecified atom stereocenters. The minimum atomic E-state index is -4.70. The Hall–Kier alpha value is -1.18. The second-order valence-corrected chi connectivity index (χ2v) is 3.25. The van der Waals surface area contributed by atoms with Crippen LogP contribution in [0.1, 0.15) is 5.69 Å². The third kappa shape index (κ3) is 2.44. The van der Waals surface area contributed by atoms with Gasteiger partial charge in [-0.05, 0) is 6.26 Å². The number of ether oxygens (including phenoxy) is 1. The number of thioether (sulfide) groups is 1. The number of methoxy groups -OCH3 is 1. The van der Waals surface area contributed by atoms with Crippen LogP contribution in [0.25, 0.3) is 0 Å². The van der Waals surface area contributed by atoms with Gasteiger partial charge in [0.15, 0.2) is 10.9 Å². The van der Waals surface area contributed by atoms with Crippen molar-refractivity contribution in [2.45, 2.75) is 11.3 Å². The molecule has 8 heteroatoms. The highest BCUT2D eigenvalue weighted by Gasteiger charge is 2.38. The standard InChI is InChI=1S/C7H7F3N2O2S/c1-14-3-4(7(8,9)10)11-6(15-2)12-5(3)13/h1-2H3,(H,11,12,13). The van der Waals surface area contributed by atoms with E-state index in [1.54, 1.807) is 0 Å². The van der Waals surface area contributed by atoms with Crippen molar-refractivity contribution in [2.75, 3.05) is 13.4 Å². The molecule has 0 bridgehead atoms. The quantitative estimate of drug-likeness (QED) is 0.629. The third-order valence-electron chi connectivity index (χ3n) is 1.52. The second kappa shape index (κ2) is 4.13. The fourth-order valence-corrected chi connectivity index (χ4v) is 1.30. The molecular formula is C7H7F3N2O2S. The molecule has 0 spiro atoms. The lowest BCUT2D eigenvalue weighted by molar-refractivity contribution is -0.143. The number of hydrogen-bond acceptors (Lipinski definition) is 4. The molecule has 1 aromatic heterocycles. The predicted molar refractivity (Wildman–Crippen MR) is 48.2 cm³/mol. The van der Waals surface area contributed by atoms with Crippen LogP contribution < -0.4 is 10.3 Å². The molecule has 0 saturated heterocycles. The highest BCUT2D eigenvalue weighted by molar-refractivity contribution is 7.98. The predicted octanol–water partition coefficient (Wildman–Crippen LogP) is 1.52. The van der Waals surface area contributed by atoms with Crippen molar-refractivity contribution in [1.82, 2.24) is 9.97 Å². The fourth-order valence-electron chi connectivity index (χ4n) is 0.920. The summed E-state index contributed by atoms with van der Waals surface area (Å²) in [4.78, 5) is 16.6. The number of alkyl halides is 3. The Kier molecular flexibility index (Phi) is 3.28. The van der Waals surface area contributed by atoms with Crippen LogP contribution in [0.2, 0.25) is 0 Å². The summed E-state index contributed by atoms with van der Waals surface area (Å²) < 4.78 is 41.6. The monoisotopic (exact) mass is 240 g/mol. The number of aromatic amines is 1. The lowest BCUT2D eigenvalue weighted by Gasteiger charge is -2.10. The Morgan fingerprint density at radius 1 is 1.47 bits per heavy atom. The van der Waals surface area contributed by atoms with Gasteiger partial charge in [-0.1, -0.05) is 11.8 Å². The molecule has 0 atom stereocenters. The van der Waals surface area contributed by atoms with E-state index in [0.29, 0.717) is 0 Å². The number of hydrogen-bond donors (Lipinski definition) is 1. The number of rotatable bonds is 2. The average Bonchev–Trinajstić information content (AvgIpc) is 2.15. The van der Waals surface area contributed by atoms with Crippen LogP contribution in [0.3, 0.4) is 0 Å². The normalized spacial score (nSPS) is 11.5. The Labute approximate surface area is 86.9 Å². The van der Waals surface area contributed by atoms with E-state index in [-0.39, 0.29) is 5.16 Å². The van der Waals surface area contributed by atoms with Gasteiger partial charge in [-0.3, -0.25) is 9.78 Å². The van der Waals surface area contributed by atoms with Crippen molar-refractivity contribution in [2.24, 2.45) is 0 Å². The van der Waals surface area contributed by atoms with Crippen molar-refractivity contribution >= 4 is 11.8 Å². The average molecular weight is 240 g/mol. The SMILES string of the molecule is COc1c(C(F)(F)F)nc(SC)[nH]c1=O. The van der Waals surface area contributed by atoms with Gasteiger partial charge in [0.25, 0.3) is 5.56 Å². The molecule has 4 nitrogen and oxygen atoms in total. The number of nitrogens with one attached hydrogen (secondary N) is 1. The molecule has 0 aromatic carbocycles. The Morgan fingerprint density at radius 2 is 2.07 bits per heavy atom. The van der Waals surface area contributed by atoms with Crippen molar-refractivity contribution in [3.05, 3.63) is 16.0 Å². The van der Waals surface area contributed by atoms with E-state index in [1.807, 2.05) is 0 Å². The zero-order chi connectivity index (χ0) is 11.6. The number of halogens is 3. The van der Waals surface area contributed by atoms with Crippen LogP contribution in [0, 0.1) is 0 Å². The van der Waals surface area contributed by atoms with Gasteiger partial charge < -0.3 is 4.74 Å². The summed E-state index contributed by atoms with van der Waals surface area (Å²) in [6.45, 7) is 0. The van der Waals surface area contributed by atoms with Gasteiger partial charge in [-0.25, -0.2) is 4.98 Å².